The summed E-state index contributed by atoms with van der Waals surface area (Å²) >= 11 is 7.31. The average Bonchev–Trinajstić information content (AvgIpc) is 2.96. The molecule has 1 saturated heterocycles. The molecule has 0 radical (unpaired) electrons. The molecule has 0 unspecified atom stereocenters. The van der Waals surface area contributed by atoms with Crippen molar-refractivity contribution in [3.05, 3.63) is 64.0 Å². The number of benzene rings is 2. The number of halogens is 1. The number of aliphatic imine (C=N–C) groups is 1. The summed E-state index contributed by atoms with van der Waals surface area (Å²) in [7, 11) is 0. The molecule has 1 fully saturated rings. The zero-order valence-electron chi connectivity index (χ0n) is 15.3. The van der Waals surface area contributed by atoms with Gasteiger partial charge in [0.1, 0.15) is 5.75 Å². The van der Waals surface area contributed by atoms with Gasteiger partial charge in [-0.3, -0.25) is 9.69 Å². The topological polar surface area (TPSA) is 41.9 Å². The van der Waals surface area contributed by atoms with Crippen LogP contribution in [0.25, 0.3) is 6.08 Å². The number of nitrogens with zero attached hydrogens (tertiary/aromatic N) is 2. The van der Waals surface area contributed by atoms with E-state index in [9.17, 15) is 4.79 Å². The first-order valence-electron chi connectivity index (χ1n) is 8.89. The molecule has 0 spiro atoms. The van der Waals surface area contributed by atoms with E-state index in [1.54, 1.807) is 17.0 Å². The average molecular weight is 401 g/mol. The number of carbonyl (C=O) groups is 1. The number of thioether (sulfide) groups is 1. The van der Waals surface area contributed by atoms with Gasteiger partial charge in [-0.1, -0.05) is 30.7 Å². The van der Waals surface area contributed by atoms with Crippen molar-refractivity contribution < 1.29 is 9.53 Å². The van der Waals surface area contributed by atoms with Crippen LogP contribution in [0.5, 0.6) is 5.75 Å². The third-order valence-electron chi connectivity index (χ3n) is 3.88. The molecule has 0 aromatic heterocycles. The minimum absolute atomic E-state index is 0.0323. The Bertz CT molecular complexity index is 878. The van der Waals surface area contributed by atoms with Gasteiger partial charge in [0.05, 0.1) is 17.2 Å². The van der Waals surface area contributed by atoms with Gasteiger partial charge in [-0.25, -0.2) is 4.99 Å². The molecule has 0 N–H and O–H groups in total. The van der Waals surface area contributed by atoms with Crippen molar-refractivity contribution in [3.8, 4) is 5.75 Å². The Morgan fingerprint density at radius 3 is 2.67 bits per heavy atom. The van der Waals surface area contributed by atoms with Gasteiger partial charge in [0, 0.05) is 11.6 Å². The predicted molar refractivity (Wildman–Crippen MR) is 114 cm³/mol. The normalized spacial score (nSPS) is 17.1. The van der Waals surface area contributed by atoms with Crippen molar-refractivity contribution in [2.24, 2.45) is 4.99 Å². The number of amides is 1. The van der Waals surface area contributed by atoms with E-state index in [2.05, 4.69) is 11.9 Å². The van der Waals surface area contributed by atoms with E-state index < -0.39 is 0 Å². The van der Waals surface area contributed by atoms with Crippen molar-refractivity contribution in [1.29, 1.82) is 0 Å². The number of likely N-dealkylation sites (N-methyl/N-ethyl adjacent to an activating group) is 1. The quantitative estimate of drug-likeness (QED) is 0.579. The first-order valence-corrected chi connectivity index (χ1v) is 10.1. The Morgan fingerprint density at radius 1 is 1.19 bits per heavy atom. The highest BCUT2D eigenvalue weighted by molar-refractivity contribution is 8.18. The summed E-state index contributed by atoms with van der Waals surface area (Å²) < 4.78 is 5.67. The molecule has 0 aliphatic carbocycles. The molecule has 140 valence electrons. The Labute approximate surface area is 168 Å². The first kappa shape index (κ1) is 19.5. The van der Waals surface area contributed by atoms with Crippen LogP contribution in [0.15, 0.2) is 58.4 Å². The van der Waals surface area contributed by atoms with Gasteiger partial charge in [0.15, 0.2) is 5.17 Å². The van der Waals surface area contributed by atoms with Crippen LogP contribution in [0, 0.1) is 0 Å². The van der Waals surface area contributed by atoms with Gasteiger partial charge in [0.25, 0.3) is 5.91 Å². The van der Waals surface area contributed by atoms with Crippen LogP contribution in [-0.2, 0) is 4.79 Å². The van der Waals surface area contributed by atoms with E-state index in [1.165, 1.54) is 11.8 Å². The molecule has 27 heavy (non-hydrogen) atoms. The van der Waals surface area contributed by atoms with Gasteiger partial charge in [0.2, 0.25) is 0 Å². The lowest BCUT2D eigenvalue weighted by molar-refractivity contribution is -0.122. The third kappa shape index (κ3) is 4.93. The molecule has 2 aromatic rings. The van der Waals surface area contributed by atoms with E-state index >= 15 is 0 Å². The second-order valence-corrected chi connectivity index (χ2v) is 7.40. The highest BCUT2D eigenvalue weighted by Gasteiger charge is 2.32. The second kappa shape index (κ2) is 9.11. The van der Waals surface area contributed by atoms with Crippen LogP contribution in [-0.4, -0.2) is 29.1 Å². The summed E-state index contributed by atoms with van der Waals surface area (Å²) in [5.74, 6) is 0.777. The van der Waals surface area contributed by atoms with E-state index in [-0.39, 0.29) is 5.91 Å². The standard InChI is InChI=1S/C21H21ClN2O2S/c1-3-12-26-18-7-5-6-15(13-18)14-19-20(25)24(4-2)21(27-19)23-17-10-8-16(22)9-11-17/h5-11,13-14H,3-4,12H2,1-2H3/b19-14+,23-21?. The number of amidine groups is 1. The molecule has 4 nitrogen and oxygen atoms in total. The molecule has 3 rings (SSSR count). The maximum Gasteiger partial charge on any atom is 0.266 e. The molecule has 1 aliphatic rings. The molecular weight excluding hydrogens is 380 g/mol. The zero-order valence-corrected chi connectivity index (χ0v) is 16.9. The summed E-state index contributed by atoms with van der Waals surface area (Å²) in [5, 5.41) is 1.33. The van der Waals surface area contributed by atoms with Crippen LogP contribution < -0.4 is 4.74 Å². The summed E-state index contributed by atoms with van der Waals surface area (Å²) in [6.07, 6.45) is 2.84. The number of ether oxygens (including phenoxy) is 1. The fraction of sp³-hybridized carbons (Fsp3) is 0.238. The van der Waals surface area contributed by atoms with Crippen LogP contribution in [0.1, 0.15) is 25.8 Å². The summed E-state index contributed by atoms with van der Waals surface area (Å²) in [4.78, 5) is 19.7. The maximum atomic E-state index is 12.8. The lowest BCUT2D eigenvalue weighted by Gasteiger charge is -2.11. The lowest BCUT2D eigenvalue weighted by Crippen LogP contribution is -2.28. The first-order chi connectivity index (χ1) is 13.1. The molecular formula is C21H21ClN2O2S. The fourth-order valence-electron chi connectivity index (χ4n) is 2.56. The third-order valence-corrected chi connectivity index (χ3v) is 5.14. The summed E-state index contributed by atoms with van der Waals surface area (Å²) in [6.45, 7) is 5.25. The van der Waals surface area contributed by atoms with Crippen LogP contribution >= 0.6 is 23.4 Å². The van der Waals surface area contributed by atoms with Crippen molar-refractivity contribution in [2.45, 2.75) is 20.3 Å². The maximum absolute atomic E-state index is 12.8. The van der Waals surface area contributed by atoms with Gasteiger partial charge >= 0.3 is 0 Å². The molecule has 0 saturated carbocycles. The smallest absolute Gasteiger partial charge is 0.266 e. The summed E-state index contributed by atoms with van der Waals surface area (Å²) in [5.41, 5.74) is 1.70. The largest absolute Gasteiger partial charge is 0.494 e. The Hall–Kier alpha value is -2.24. The van der Waals surface area contributed by atoms with Gasteiger partial charge in [-0.2, -0.15) is 0 Å². The monoisotopic (exact) mass is 400 g/mol. The van der Waals surface area contributed by atoms with Crippen LogP contribution in [0.3, 0.4) is 0 Å². The van der Waals surface area contributed by atoms with Gasteiger partial charge in [-0.15, -0.1) is 0 Å². The highest BCUT2D eigenvalue weighted by atomic mass is 35.5. The molecule has 1 aliphatic heterocycles. The van der Waals surface area contributed by atoms with Crippen molar-refractivity contribution >= 4 is 46.2 Å². The predicted octanol–water partition coefficient (Wildman–Crippen LogP) is 5.75. The summed E-state index contributed by atoms with van der Waals surface area (Å²) in [6, 6.07) is 15.0. The molecule has 0 atom stereocenters. The Morgan fingerprint density at radius 2 is 1.96 bits per heavy atom. The highest BCUT2D eigenvalue weighted by Crippen LogP contribution is 2.34. The minimum atomic E-state index is -0.0323. The molecule has 0 bridgehead atoms. The number of hydrogen-bond acceptors (Lipinski definition) is 4. The Balaban J connectivity index is 1.85. The Kier molecular flexibility index (Phi) is 6.58. The fourth-order valence-corrected chi connectivity index (χ4v) is 3.75. The zero-order chi connectivity index (χ0) is 19.2. The van der Waals surface area contributed by atoms with Gasteiger partial charge in [-0.05, 0) is 73.1 Å². The number of rotatable bonds is 6. The lowest BCUT2D eigenvalue weighted by atomic mass is 10.2. The molecule has 1 amide bonds. The molecule has 1 heterocycles. The van der Waals surface area contributed by atoms with Crippen LogP contribution in [0.2, 0.25) is 5.02 Å². The van der Waals surface area contributed by atoms with E-state index in [4.69, 9.17) is 16.3 Å². The number of carbonyl (C=O) groups excluding carboxylic acids is 1. The minimum Gasteiger partial charge on any atom is -0.494 e. The molecule has 6 heteroatoms. The van der Waals surface area contributed by atoms with E-state index in [0.29, 0.717) is 28.2 Å². The van der Waals surface area contributed by atoms with E-state index in [1.807, 2.05) is 49.4 Å². The van der Waals surface area contributed by atoms with Gasteiger partial charge < -0.3 is 4.74 Å². The van der Waals surface area contributed by atoms with Crippen molar-refractivity contribution in [1.82, 2.24) is 4.90 Å². The SMILES string of the molecule is CCCOc1cccc(/C=C2/SC(=Nc3ccc(Cl)cc3)N(CC)C2=O)c1. The number of hydrogen-bond donors (Lipinski definition) is 0. The van der Waals surface area contributed by atoms with Crippen LogP contribution in [0.4, 0.5) is 5.69 Å². The van der Waals surface area contributed by atoms with Crippen molar-refractivity contribution in [3.63, 3.8) is 0 Å². The molecule has 2 aromatic carbocycles. The second-order valence-electron chi connectivity index (χ2n) is 5.95. The van der Waals surface area contributed by atoms with Crippen molar-refractivity contribution in [2.75, 3.05) is 13.2 Å². The van der Waals surface area contributed by atoms with E-state index in [0.717, 1.165) is 23.4 Å².